The number of nitrogens with zero attached hydrogens (tertiary/aromatic N) is 1. The van der Waals surface area contributed by atoms with Crippen LogP contribution in [0.25, 0.3) is 11.1 Å². The molecule has 230 valence electrons. The van der Waals surface area contributed by atoms with Gasteiger partial charge in [0.05, 0.1) is 12.6 Å². The van der Waals surface area contributed by atoms with Crippen molar-refractivity contribution in [2.24, 2.45) is 17.2 Å². The van der Waals surface area contributed by atoms with Crippen LogP contribution in [0.1, 0.15) is 38.2 Å². The highest BCUT2D eigenvalue weighted by Gasteiger charge is 2.28. The summed E-state index contributed by atoms with van der Waals surface area (Å²) in [4.78, 5) is 52.0. The number of rotatable bonds is 17. The van der Waals surface area contributed by atoms with Gasteiger partial charge in [0.15, 0.2) is 0 Å². The van der Waals surface area contributed by atoms with E-state index in [1.807, 2.05) is 24.3 Å². The van der Waals surface area contributed by atoms with E-state index in [0.717, 1.165) is 23.1 Å². The highest BCUT2D eigenvalue weighted by molar-refractivity contribution is 5.91. The minimum atomic E-state index is -0.919. The number of amides is 4. The molecular formula is C30H45N7O5. The highest BCUT2D eigenvalue weighted by atomic mass is 16.3. The van der Waals surface area contributed by atoms with E-state index >= 15 is 0 Å². The van der Waals surface area contributed by atoms with Crippen LogP contribution in [0.15, 0.2) is 48.5 Å². The average Bonchev–Trinajstić information content (AvgIpc) is 2.99. The number of carbonyl (C=O) groups excluding carboxylic acids is 4. The van der Waals surface area contributed by atoms with Gasteiger partial charge in [-0.15, -0.1) is 0 Å². The SMILES string of the molecule is CCC(N)C(=O)NCC(=O)N(C)C(Cc1cccc(-c2ccc(O)cc2)c1)C(=O)NCCC(=O)NCC(N)CCCN. The van der Waals surface area contributed by atoms with E-state index in [-0.39, 0.29) is 43.6 Å². The van der Waals surface area contributed by atoms with Gasteiger partial charge in [-0.1, -0.05) is 43.3 Å². The van der Waals surface area contributed by atoms with Gasteiger partial charge in [-0.3, -0.25) is 19.2 Å². The molecule has 0 saturated carbocycles. The third kappa shape index (κ3) is 11.5. The number of benzene rings is 2. The minimum absolute atomic E-state index is 0.0427. The van der Waals surface area contributed by atoms with Crippen LogP contribution in [0.5, 0.6) is 5.75 Å². The Morgan fingerprint density at radius 3 is 2.33 bits per heavy atom. The molecule has 0 radical (unpaired) electrons. The summed E-state index contributed by atoms with van der Waals surface area (Å²) >= 11 is 0. The second-order valence-corrected chi connectivity index (χ2v) is 10.2. The van der Waals surface area contributed by atoms with E-state index in [9.17, 15) is 24.3 Å². The smallest absolute Gasteiger partial charge is 0.243 e. The molecule has 0 bridgehead atoms. The summed E-state index contributed by atoms with van der Waals surface area (Å²) in [6.45, 7) is 2.37. The number of phenolic OH excluding ortho intramolecular Hbond substituents is 1. The molecule has 0 aliphatic heterocycles. The van der Waals surface area contributed by atoms with Gasteiger partial charge in [-0.2, -0.15) is 0 Å². The zero-order valence-electron chi connectivity index (χ0n) is 24.5. The van der Waals surface area contributed by atoms with Crippen LogP contribution >= 0.6 is 0 Å². The number of likely N-dealkylation sites (N-methyl/N-ethyl adjacent to an activating group) is 1. The summed E-state index contributed by atoms with van der Waals surface area (Å²) in [6, 6.07) is 12.4. The molecule has 0 saturated heterocycles. The molecule has 2 aromatic carbocycles. The van der Waals surface area contributed by atoms with Crippen molar-refractivity contribution in [2.75, 3.05) is 33.2 Å². The molecule has 0 aliphatic carbocycles. The normalized spacial score (nSPS) is 13.0. The fraction of sp³-hybridized carbons (Fsp3) is 0.467. The number of nitrogens with one attached hydrogen (secondary N) is 3. The van der Waals surface area contributed by atoms with Crippen molar-refractivity contribution < 1.29 is 24.3 Å². The number of hydrogen-bond acceptors (Lipinski definition) is 8. The molecule has 12 nitrogen and oxygen atoms in total. The first-order valence-corrected chi connectivity index (χ1v) is 14.2. The molecule has 10 N–H and O–H groups in total. The first-order valence-electron chi connectivity index (χ1n) is 14.2. The molecule has 0 fully saturated rings. The molecule has 3 atom stereocenters. The number of carbonyl (C=O) groups is 4. The molecule has 0 aliphatic rings. The Kier molecular flexibility index (Phi) is 14.4. The number of hydrogen-bond donors (Lipinski definition) is 7. The summed E-state index contributed by atoms with van der Waals surface area (Å²) in [5, 5.41) is 17.7. The fourth-order valence-electron chi connectivity index (χ4n) is 4.17. The maximum Gasteiger partial charge on any atom is 0.243 e. The van der Waals surface area contributed by atoms with Crippen molar-refractivity contribution in [3.63, 3.8) is 0 Å². The van der Waals surface area contributed by atoms with Gasteiger partial charge >= 0.3 is 0 Å². The van der Waals surface area contributed by atoms with Gasteiger partial charge in [0.25, 0.3) is 0 Å². The Bertz CT molecular complexity index is 1170. The lowest BCUT2D eigenvalue weighted by atomic mass is 9.98. The van der Waals surface area contributed by atoms with Gasteiger partial charge in [0.1, 0.15) is 11.8 Å². The Morgan fingerprint density at radius 1 is 0.952 bits per heavy atom. The van der Waals surface area contributed by atoms with Crippen LogP contribution in [0.3, 0.4) is 0 Å². The zero-order valence-corrected chi connectivity index (χ0v) is 24.5. The van der Waals surface area contributed by atoms with Gasteiger partial charge in [0, 0.05) is 39.0 Å². The van der Waals surface area contributed by atoms with Crippen molar-refractivity contribution in [3.05, 3.63) is 54.1 Å². The summed E-state index contributed by atoms with van der Waals surface area (Å²) in [5.74, 6) is -1.45. The van der Waals surface area contributed by atoms with E-state index < -0.39 is 29.8 Å². The lowest BCUT2D eigenvalue weighted by Gasteiger charge is -2.28. The third-order valence-corrected chi connectivity index (χ3v) is 6.90. The van der Waals surface area contributed by atoms with E-state index in [0.29, 0.717) is 25.9 Å². The summed E-state index contributed by atoms with van der Waals surface area (Å²) in [6.07, 6.45) is 2.12. The number of nitrogens with two attached hydrogens (primary N) is 3. The Balaban J connectivity index is 2.10. The van der Waals surface area contributed by atoms with Crippen LogP contribution in [-0.4, -0.2) is 85.0 Å². The molecular weight excluding hydrogens is 538 g/mol. The van der Waals surface area contributed by atoms with Crippen molar-refractivity contribution in [3.8, 4) is 16.9 Å². The van der Waals surface area contributed by atoms with Gasteiger partial charge in [-0.05, 0) is 54.6 Å². The second kappa shape index (κ2) is 17.7. The largest absolute Gasteiger partial charge is 0.508 e. The quantitative estimate of drug-likeness (QED) is 0.134. The van der Waals surface area contributed by atoms with Gasteiger partial charge < -0.3 is 43.2 Å². The molecule has 12 heteroatoms. The van der Waals surface area contributed by atoms with E-state index in [2.05, 4.69) is 16.0 Å². The zero-order chi connectivity index (χ0) is 31.1. The molecule has 4 amide bonds. The monoisotopic (exact) mass is 583 g/mol. The van der Waals surface area contributed by atoms with Crippen molar-refractivity contribution >= 4 is 23.6 Å². The van der Waals surface area contributed by atoms with Gasteiger partial charge in [0.2, 0.25) is 23.6 Å². The second-order valence-electron chi connectivity index (χ2n) is 10.2. The number of aromatic hydroxyl groups is 1. The molecule has 0 heterocycles. The minimum Gasteiger partial charge on any atom is -0.508 e. The van der Waals surface area contributed by atoms with Gasteiger partial charge in [-0.25, -0.2) is 0 Å². The van der Waals surface area contributed by atoms with Crippen LogP contribution in [0, 0.1) is 0 Å². The maximum atomic E-state index is 13.3. The standard InChI is InChI=1S/C30H45N7O5/c1-3-25(33)29(41)36-19-28(40)37(2)26(30(42)34-15-13-27(39)35-18-23(32)8-5-14-31)17-20-6-4-7-22(16-20)21-9-11-24(38)12-10-21/h4,6-7,9-12,16,23,25-26,38H,3,5,8,13-15,17-19,31-33H2,1-2H3,(H,34,42)(H,35,39)(H,36,41). The fourth-order valence-corrected chi connectivity index (χ4v) is 4.17. The predicted octanol–water partition coefficient (Wildman–Crippen LogP) is -0.0291. The predicted molar refractivity (Wildman–Crippen MR) is 162 cm³/mol. The summed E-state index contributed by atoms with van der Waals surface area (Å²) in [7, 11) is 1.50. The van der Waals surface area contributed by atoms with Crippen molar-refractivity contribution in [1.82, 2.24) is 20.9 Å². The molecule has 3 unspecified atom stereocenters. The van der Waals surface area contributed by atoms with Crippen LogP contribution in [-0.2, 0) is 25.6 Å². The molecule has 2 rings (SSSR count). The number of phenols is 1. The highest BCUT2D eigenvalue weighted by Crippen LogP contribution is 2.23. The van der Waals surface area contributed by atoms with Crippen LogP contribution in [0.4, 0.5) is 0 Å². The van der Waals surface area contributed by atoms with Crippen LogP contribution in [0.2, 0.25) is 0 Å². The van der Waals surface area contributed by atoms with E-state index in [1.54, 1.807) is 31.2 Å². The first kappa shape index (κ1) is 34.2. The molecule has 0 aromatic heterocycles. The molecule has 42 heavy (non-hydrogen) atoms. The van der Waals surface area contributed by atoms with Crippen LogP contribution < -0.4 is 33.2 Å². The summed E-state index contributed by atoms with van der Waals surface area (Å²) < 4.78 is 0. The lowest BCUT2D eigenvalue weighted by Crippen LogP contribution is -2.52. The Labute approximate surface area is 247 Å². The maximum absolute atomic E-state index is 13.3. The van der Waals surface area contributed by atoms with Crippen molar-refractivity contribution in [1.29, 1.82) is 0 Å². The average molecular weight is 584 g/mol. The Morgan fingerprint density at radius 2 is 1.67 bits per heavy atom. The van der Waals surface area contributed by atoms with E-state index in [4.69, 9.17) is 17.2 Å². The van der Waals surface area contributed by atoms with E-state index in [1.165, 1.54) is 11.9 Å². The first-order chi connectivity index (χ1) is 20.0. The van der Waals surface area contributed by atoms with Crippen molar-refractivity contribution in [2.45, 2.75) is 57.2 Å². The molecule has 0 spiro atoms. The Hall–Kier alpha value is -4.00. The summed E-state index contributed by atoms with van der Waals surface area (Å²) in [5.41, 5.74) is 19.7. The lowest BCUT2D eigenvalue weighted by molar-refractivity contribution is -0.139. The third-order valence-electron chi connectivity index (χ3n) is 6.90. The molecule has 2 aromatic rings. The topological polar surface area (TPSA) is 206 Å².